The highest BCUT2D eigenvalue weighted by atomic mass is 127. The van der Waals surface area contributed by atoms with Crippen LogP contribution in [0.1, 0.15) is 29.8 Å². The lowest BCUT2D eigenvalue weighted by Crippen LogP contribution is -2.45. The summed E-state index contributed by atoms with van der Waals surface area (Å²) in [6.07, 6.45) is 2.03. The van der Waals surface area contributed by atoms with Crippen molar-refractivity contribution in [2.75, 3.05) is 12.0 Å². The summed E-state index contributed by atoms with van der Waals surface area (Å²) in [6.45, 7) is 5.96. The van der Waals surface area contributed by atoms with Crippen LogP contribution in [0.5, 0.6) is 11.5 Å². The Morgan fingerprint density at radius 3 is 2.64 bits per heavy atom. The Bertz CT molecular complexity index is 780. The molecule has 0 atom stereocenters. The minimum absolute atomic E-state index is 0.134. The average Bonchev–Trinajstić information content (AvgIpc) is 2.49. The zero-order chi connectivity index (χ0) is 18.6. The molecule has 134 valence electrons. The molecule has 0 heterocycles. The molecule has 0 aliphatic carbocycles. The van der Waals surface area contributed by atoms with Crippen LogP contribution in [0.2, 0.25) is 5.02 Å². The Labute approximate surface area is 172 Å². The maximum atomic E-state index is 12.9. The van der Waals surface area contributed by atoms with Crippen LogP contribution in [-0.2, 0) is 0 Å². The number of carbonyl (C=O) groups excluding carboxylic acids is 1. The van der Waals surface area contributed by atoms with E-state index < -0.39 is 0 Å². The Kier molecular flexibility index (Phi) is 7.05. The Balaban J connectivity index is 2.34. The van der Waals surface area contributed by atoms with Crippen molar-refractivity contribution in [1.29, 1.82) is 0 Å². The number of thioether (sulfide) groups is 1. The fraction of sp³-hybridized carbons (Fsp3) is 0.316. The first-order valence-electron chi connectivity index (χ1n) is 7.77. The van der Waals surface area contributed by atoms with Gasteiger partial charge < -0.3 is 10.1 Å². The fourth-order valence-corrected chi connectivity index (χ4v) is 4.16. The van der Waals surface area contributed by atoms with Crippen molar-refractivity contribution in [2.45, 2.75) is 26.3 Å². The van der Waals surface area contributed by atoms with Crippen molar-refractivity contribution >= 4 is 51.9 Å². The van der Waals surface area contributed by atoms with Crippen molar-refractivity contribution in [2.24, 2.45) is 0 Å². The first kappa shape index (κ1) is 20.4. The van der Waals surface area contributed by atoms with Crippen LogP contribution in [0.25, 0.3) is 0 Å². The molecule has 1 N–H and O–H groups in total. The van der Waals surface area contributed by atoms with Gasteiger partial charge in [0.25, 0.3) is 5.91 Å². The molecule has 0 radical (unpaired) electrons. The number of halogens is 2. The first-order valence-corrected chi connectivity index (χ1v) is 10.6. The topological polar surface area (TPSA) is 38.3 Å². The van der Waals surface area contributed by atoms with Crippen LogP contribution in [0, 0.1) is 10.5 Å². The lowest BCUT2D eigenvalue weighted by molar-refractivity contribution is 0.0917. The summed E-state index contributed by atoms with van der Waals surface area (Å²) >= 11 is 9.87. The number of carbonyl (C=O) groups is 1. The van der Waals surface area contributed by atoms with Crippen LogP contribution in [-0.4, -0.2) is 23.5 Å². The second-order valence-corrected chi connectivity index (χ2v) is 8.86. The van der Waals surface area contributed by atoms with Crippen LogP contribution in [0.15, 0.2) is 36.4 Å². The summed E-state index contributed by atoms with van der Waals surface area (Å²) in [6, 6.07) is 11.0. The van der Waals surface area contributed by atoms with Gasteiger partial charge >= 0.3 is 0 Å². The van der Waals surface area contributed by atoms with Crippen molar-refractivity contribution in [3.8, 4) is 11.5 Å². The van der Waals surface area contributed by atoms with Crippen molar-refractivity contribution < 1.29 is 9.53 Å². The van der Waals surface area contributed by atoms with Gasteiger partial charge in [0.05, 0.1) is 5.56 Å². The van der Waals surface area contributed by atoms with E-state index in [1.165, 1.54) is 0 Å². The molecule has 0 bridgehead atoms. The third kappa shape index (κ3) is 5.53. The summed E-state index contributed by atoms with van der Waals surface area (Å²) in [7, 11) is 0. The summed E-state index contributed by atoms with van der Waals surface area (Å²) in [5.41, 5.74) is 1.16. The molecule has 3 nitrogen and oxygen atoms in total. The zero-order valence-corrected chi connectivity index (χ0v) is 18.4. The largest absolute Gasteiger partial charge is 0.456 e. The number of hydrogen-bond acceptors (Lipinski definition) is 3. The van der Waals surface area contributed by atoms with E-state index in [1.54, 1.807) is 17.8 Å². The fourth-order valence-electron chi connectivity index (χ4n) is 2.42. The van der Waals surface area contributed by atoms with E-state index in [0.717, 1.165) is 14.9 Å². The predicted molar refractivity (Wildman–Crippen MR) is 115 cm³/mol. The smallest absolute Gasteiger partial charge is 0.256 e. The molecular weight excluding hydrogens is 469 g/mol. The molecule has 0 aromatic heterocycles. The highest BCUT2D eigenvalue weighted by Crippen LogP contribution is 2.32. The van der Waals surface area contributed by atoms with E-state index in [1.807, 2.05) is 57.4 Å². The Morgan fingerprint density at radius 1 is 1.28 bits per heavy atom. The maximum Gasteiger partial charge on any atom is 0.256 e. The van der Waals surface area contributed by atoms with Gasteiger partial charge in [-0.05, 0) is 85.5 Å². The van der Waals surface area contributed by atoms with E-state index in [0.29, 0.717) is 22.1 Å². The van der Waals surface area contributed by atoms with Gasteiger partial charge in [-0.15, -0.1) is 0 Å². The number of nitrogens with one attached hydrogen (secondary N) is 1. The Hall–Kier alpha value is -0.920. The molecule has 25 heavy (non-hydrogen) atoms. The molecule has 0 fully saturated rings. The number of aryl methyl sites for hydroxylation is 1. The SMILES string of the molecule is CSCC(C)(C)NC(=O)c1c(I)cccc1Oc1ccc(Cl)cc1C. The van der Waals surface area contributed by atoms with Crippen LogP contribution >= 0.6 is 46.0 Å². The van der Waals surface area contributed by atoms with Gasteiger partial charge in [0.15, 0.2) is 0 Å². The average molecular weight is 490 g/mol. The molecule has 2 aromatic rings. The van der Waals surface area contributed by atoms with Crippen molar-refractivity contribution in [3.05, 3.63) is 56.1 Å². The molecule has 0 unspecified atom stereocenters. The van der Waals surface area contributed by atoms with Gasteiger partial charge in [-0.3, -0.25) is 4.79 Å². The van der Waals surface area contributed by atoms with E-state index in [-0.39, 0.29) is 11.4 Å². The second-order valence-electron chi connectivity index (χ2n) is 6.40. The molecule has 1 amide bonds. The van der Waals surface area contributed by atoms with E-state index >= 15 is 0 Å². The summed E-state index contributed by atoms with van der Waals surface area (Å²) in [5.74, 6) is 1.92. The van der Waals surface area contributed by atoms with Crippen LogP contribution < -0.4 is 10.1 Å². The normalized spacial score (nSPS) is 11.3. The molecule has 6 heteroatoms. The standard InChI is InChI=1S/C19H21ClINO2S/c1-12-10-13(20)8-9-15(12)24-16-7-5-6-14(21)17(16)18(23)22-19(2,3)11-25-4/h5-10H,11H2,1-4H3,(H,22,23). The number of ether oxygens (including phenoxy) is 1. The molecule has 0 aliphatic heterocycles. The summed E-state index contributed by atoms with van der Waals surface area (Å²) in [4.78, 5) is 12.9. The van der Waals surface area contributed by atoms with Crippen LogP contribution in [0.3, 0.4) is 0 Å². The molecule has 2 rings (SSSR count). The van der Waals surface area contributed by atoms with Crippen molar-refractivity contribution in [3.63, 3.8) is 0 Å². The molecule has 0 saturated carbocycles. The highest BCUT2D eigenvalue weighted by Gasteiger charge is 2.24. The van der Waals surface area contributed by atoms with Gasteiger partial charge in [0.2, 0.25) is 0 Å². The molecule has 2 aromatic carbocycles. The van der Waals surface area contributed by atoms with Gasteiger partial charge in [0.1, 0.15) is 11.5 Å². The number of rotatable bonds is 6. The zero-order valence-electron chi connectivity index (χ0n) is 14.7. The number of amides is 1. The predicted octanol–water partition coefficient (Wildman–Crippen LogP) is 5.92. The van der Waals surface area contributed by atoms with Crippen LogP contribution in [0.4, 0.5) is 0 Å². The van der Waals surface area contributed by atoms with Crippen molar-refractivity contribution in [1.82, 2.24) is 5.32 Å². The van der Waals surface area contributed by atoms with E-state index in [2.05, 4.69) is 27.9 Å². The summed E-state index contributed by atoms with van der Waals surface area (Å²) in [5, 5.41) is 3.76. The lowest BCUT2D eigenvalue weighted by atomic mass is 10.1. The number of hydrogen-bond donors (Lipinski definition) is 1. The van der Waals surface area contributed by atoms with E-state index in [4.69, 9.17) is 16.3 Å². The minimum atomic E-state index is -0.303. The molecule has 0 aliphatic rings. The quantitative estimate of drug-likeness (QED) is 0.512. The third-order valence-corrected chi connectivity index (χ3v) is 5.66. The van der Waals surface area contributed by atoms with E-state index in [9.17, 15) is 4.79 Å². The molecule has 0 spiro atoms. The summed E-state index contributed by atoms with van der Waals surface area (Å²) < 4.78 is 6.89. The number of benzene rings is 2. The van der Waals surface area contributed by atoms with Gasteiger partial charge in [-0.1, -0.05) is 17.7 Å². The molecular formula is C19H21ClINO2S. The maximum absolute atomic E-state index is 12.9. The van der Waals surface area contributed by atoms with Gasteiger partial charge in [-0.2, -0.15) is 11.8 Å². The second kappa shape index (κ2) is 8.64. The van der Waals surface area contributed by atoms with Gasteiger partial charge in [0, 0.05) is 19.9 Å². The minimum Gasteiger partial charge on any atom is -0.456 e. The van der Waals surface area contributed by atoms with Gasteiger partial charge in [-0.25, -0.2) is 0 Å². The third-order valence-electron chi connectivity index (χ3n) is 3.52. The Morgan fingerprint density at radius 2 is 2.00 bits per heavy atom. The molecule has 0 saturated heterocycles. The lowest BCUT2D eigenvalue weighted by Gasteiger charge is -2.26. The first-order chi connectivity index (χ1) is 11.7. The highest BCUT2D eigenvalue weighted by molar-refractivity contribution is 14.1. The monoisotopic (exact) mass is 489 g/mol.